The predicted octanol–water partition coefficient (Wildman–Crippen LogP) is 3.69. The van der Waals surface area contributed by atoms with Gasteiger partial charge in [-0.3, -0.25) is 0 Å². The minimum absolute atomic E-state index is 0.0457. The molecule has 0 aliphatic rings. The number of hydrogen-bond acceptors (Lipinski definition) is 6. The number of nitrogens with one attached hydrogen (secondary N) is 1. The van der Waals surface area contributed by atoms with Gasteiger partial charge < -0.3 is 14.8 Å². The number of aromatic nitrogens is 2. The van der Waals surface area contributed by atoms with E-state index < -0.39 is 0 Å². The van der Waals surface area contributed by atoms with E-state index in [1.165, 1.54) is 11.5 Å². The van der Waals surface area contributed by atoms with E-state index in [9.17, 15) is 0 Å². The molecule has 0 fully saturated rings. The third-order valence-corrected chi connectivity index (χ3v) is 4.32. The molecule has 1 heterocycles. The molecule has 0 aliphatic heterocycles. The van der Waals surface area contributed by atoms with Crippen molar-refractivity contribution in [2.45, 2.75) is 19.9 Å². The first-order chi connectivity index (χ1) is 9.56. The second kappa shape index (κ2) is 6.28. The molecule has 108 valence electrons. The van der Waals surface area contributed by atoms with Crippen LogP contribution in [0.2, 0.25) is 5.02 Å². The Morgan fingerprint density at radius 2 is 2.05 bits per heavy atom. The van der Waals surface area contributed by atoms with Gasteiger partial charge in [-0.25, -0.2) is 0 Å². The van der Waals surface area contributed by atoms with Gasteiger partial charge in [0.15, 0.2) is 0 Å². The van der Waals surface area contributed by atoms with E-state index in [-0.39, 0.29) is 6.04 Å². The van der Waals surface area contributed by atoms with Gasteiger partial charge in [0.2, 0.25) is 0 Å². The Morgan fingerprint density at radius 1 is 1.30 bits per heavy atom. The minimum atomic E-state index is 0.0457. The average Bonchev–Trinajstić information content (AvgIpc) is 2.87. The molecule has 2 rings (SSSR count). The summed E-state index contributed by atoms with van der Waals surface area (Å²) >= 11 is 7.69. The van der Waals surface area contributed by atoms with Crippen LogP contribution in [-0.2, 0) is 0 Å². The molecule has 1 N–H and O–H groups in total. The smallest absolute Gasteiger partial charge is 0.143 e. The van der Waals surface area contributed by atoms with E-state index in [0.717, 1.165) is 16.3 Å². The van der Waals surface area contributed by atoms with Crippen molar-refractivity contribution >= 4 is 28.8 Å². The van der Waals surface area contributed by atoms with Crippen LogP contribution in [0, 0.1) is 6.92 Å². The fourth-order valence-electron chi connectivity index (χ4n) is 1.88. The van der Waals surface area contributed by atoms with Crippen LogP contribution >= 0.6 is 23.1 Å². The van der Waals surface area contributed by atoms with Gasteiger partial charge in [-0.1, -0.05) is 16.1 Å². The van der Waals surface area contributed by atoms with E-state index in [1.54, 1.807) is 20.3 Å². The molecular weight excluding hydrogens is 298 g/mol. The van der Waals surface area contributed by atoms with Crippen LogP contribution in [0.15, 0.2) is 12.1 Å². The van der Waals surface area contributed by atoms with Crippen molar-refractivity contribution in [1.29, 1.82) is 0 Å². The van der Waals surface area contributed by atoms with Crippen LogP contribution < -0.4 is 14.8 Å². The first-order valence-corrected chi connectivity index (χ1v) is 7.18. The standard InChI is InChI=1S/C13H16ClN3O2S/c1-7(13-8(2)16-17-20-13)15-10-5-9(18-3)6-11(19-4)12(10)14/h5-7,15H,1-4H3. The number of hydrogen-bond donors (Lipinski definition) is 1. The van der Waals surface area contributed by atoms with Gasteiger partial charge in [0.25, 0.3) is 0 Å². The molecule has 1 unspecified atom stereocenters. The topological polar surface area (TPSA) is 56.3 Å². The van der Waals surface area contributed by atoms with Crippen LogP contribution in [0.25, 0.3) is 0 Å². The summed E-state index contributed by atoms with van der Waals surface area (Å²) in [6, 6.07) is 3.63. The van der Waals surface area contributed by atoms with Crippen molar-refractivity contribution in [3.63, 3.8) is 0 Å². The Labute approximate surface area is 127 Å². The van der Waals surface area contributed by atoms with E-state index in [0.29, 0.717) is 16.5 Å². The maximum atomic E-state index is 6.31. The molecule has 1 atom stereocenters. The fraction of sp³-hybridized carbons (Fsp3) is 0.385. The normalized spacial score (nSPS) is 12.1. The summed E-state index contributed by atoms with van der Waals surface area (Å²) in [4.78, 5) is 1.07. The molecular formula is C13H16ClN3O2S. The lowest BCUT2D eigenvalue weighted by Crippen LogP contribution is -2.07. The molecule has 5 nitrogen and oxygen atoms in total. The zero-order valence-corrected chi connectivity index (χ0v) is 13.3. The lowest BCUT2D eigenvalue weighted by molar-refractivity contribution is 0.395. The van der Waals surface area contributed by atoms with Gasteiger partial charge in [0.05, 0.1) is 36.5 Å². The maximum absolute atomic E-state index is 6.31. The SMILES string of the molecule is COc1cc(NC(C)c2snnc2C)c(Cl)c(OC)c1. The summed E-state index contributed by atoms with van der Waals surface area (Å²) < 4.78 is 14.4. The summed E-state index contributed by atoms with van der Waals surface area (Å²) in [5, 5.41) is 7.88. The molecule has 0 radical (unpaired) electrons. The monoisotopic (exact) mass is 313 g/mol. The van der Waals surface area contributed by atoms with Gasteiger partial charge in [0, 0.05) is 12.1 Å². The molecule has 1 aromatic heterocycles. The molecule has 7 heteroatoms. The van der Waals surface area contributed by atoms with Crippen molar-refractivity contribution in [2.24, 2.45) is 0 Å². The molecule has 0 bridgehead atoms. The van der Waals surface area contributed by atoms with Crippen molar-refractivity contribution in [2.75, 3.05) is 19.5 Å². The van der Waals surface area contributed by atoms with E-state index in [4.69, 9.17) is 21.1 Å². The third-order valence-electron chi connectivity index (χ3n) is 2.92. The van der Waals surface area contributed by atoms with Gasteiger partial charge in [0.1, 0.15) is 16.5 Å². The Bertz CT molecular complexity index is 603. The van der Waals surface area contributed by atoms with Crippen molar-refractivity contribution in [1.82, 2.24) is 9.59 Å². The lowest BCUT2D eigenvalue weighted by Gasteiger charge is -2.17. The van der Waals surface area contributed by atoms with Crippen LogP contribution in [-0.4, -0.2) is 23.8 Å². The van der Waals surface area contributed by atoms with Crippen molar-refractivity contribution in [3.8, 4) is 11.5 Å². The summed E-state index contributed by atoms with van der Waals surface area (Å²) in [6.45, 7) is 3.97. The second-order valence-electron chi connectivity index (χ2n) is 4.28. The van der Waals surface area contributed by atoms with Crippen LogP contribution in [0.1, 0.15) is 23.5 Å². The molecule has 1 aromatic carbocycles. The summed E-state index contributed by atoms with van der Waals surface area (Å²) in [6.07, 6.45) is 0. The summed E-state index contributed by atoms with van der Waals surface area (Å²) in [5.74, 6) is 1.25. The highest BCUT2D eigenvalue weighted by Gasteiger charge is 2.16. The summed E-state index contributed by atoms with van der Waals surface area (Å²) in [5.41, 5.74) is 1.67. The summed E-state index contributed by atoms with van der Waals surface area (Å²) in [7, 11) is 3.18. The quantitative estimate of drug-likeness (QED) is 0.912. The predicted molar refractivity (Wildman–Crippen MR) is 81.2 cm³/mol. The van der Waals surface area contributed by atoms with Gasteiger partial charge in [-0.05, 0) is 25.4 Å². The molecule has 0 amide bonds. The molecule has 0 saturated carbocycles. The van der Waals surface area contributed by atoms with Gasteiger partial charge in [-0.15, -0.1) is 5.10 Å². The highest BCUT2D eigenvalue weighted by Crippen LogP contribution is 2.38. The van der Waals surface area contributed by atoms with Crippen LogP contribution in [0.4, 0.5) is 5.69 Å². The first kappa shape index (κ1) is 14.9. The number of halogens is 1. The maximum Gasteiger partial charge on any atom is 0.143 e. The molecule has 20 heavy (non-hydrogen) atoms. The Morgan fingerprint density at radius 3 is 2.60 bits per heavy atom. The molecule has 0 aliphatic carbocycles. The van der Waals surface area contributed by atoms with E-state index >= 15 is 0 Å². The first-order valence-electron chi connectivity index (χ1n) is 6.03. The van der Waals surface area contributed by atoms with Gasteiger partial charge >= 0.3 is 0 Å². The van der Waals surface area contributed by atoms with Crippen LogP contribution in [0.3, 0.4) is 0 Å². The number of methoxy groups -OCH3 is 2. The number of nitrogens with zero attached hydrogens (tertiary/aromatic N) is 2. The average molecular weight is 314 g/mol. The van der Waals surface area contributed by atoms with Crippen LogP contribution in [0.5, 0.6) is 11.5 Å². The fourth-order valence-corrected chi connectivity index (χ4v) is 2.76. The molecule has 0 saturated heterocycles. The molecule has 0 spiro atoms. The number of anilines is 1. The lowest BCUT2D eigenvalue weighted by atomic mass is 10.2. The van der Waals surface area contributed by atoms with E-state index in [1.807, 2.05) is 19.9 Å². The highest BCUT2D eigenvalue weighted by atomic mass is 35.5. The van der Waals surface area contributed by atoms with Gasteiger partial charge in [-0.2, -0.15) is 0 Å². The Hall–Kier alpha value is -1.53. The number of benzene rings is 1. The molecule has 2 aromatic rings. The third kappa shape index (κ3) is 2.96. The number of ether oxygens (including phenoxy) is 2. The van der Waals surface area contributed by atoms with E-state index in [2.05, 4.69) is 14.9 Å². The second-order valence-corrected chi connectivity index (χ2v) is 5.44. The number of rotatable bonds is 5. The van der Waals surface area contributed by atoms with Crippen molar-refractivity contribution < 1.29 is 9.47 Å². The zero-order chi connectivity index (χ0) is 14.7. The largest absolute Gasteiger partial charge is 0.497 e. The number of aryl methyl sites for hydroxylation is 1. The minimum Gasteiger partial charge on any atom is -0.497 e. The zero-order valence-electron chi connectivity index (χ0n) is 11.7. The Balaban J connectivity index is 2.31. The Kier molecular flexibility index (Phi) is 4.67. The van der Waals surface area contributed by atoms with Crippen molar-refractivity contribution in [3.05, 3.63) is 27.7 Å². The highest BCUT2D eigenvalue weighted by molar-refractivity contribution is 7.05.